The number of methoxy groups -OCH3 is 1. The molecule has 1 amide bonds. The third kappa shape index (κ3) is 4.15. The van der Waals surface area contributed by atoms with Crippen LogP contribution in [0.2, 0.25) is 10.0 Å². The van der Waals surface area contributed by atoms with Gasteiger partial charge in [0.15, 0.2) is 5.75 Å². The van der Waals surface area contributed by atoms with Gasteiger partial charge in [-0.15, -0.1) is 11.6 Å². The zero-order chi connectivity index (χ0) is 12.8. The van der Waals surface area contributed by atoms with Gasteiger partial charge in [-0.05, 0) is 12.1 Å². The maximum absolute atomic E-state index is 11.2. The number of alkyl halides is 1. The topological polar surface area (TPSA) is 47.6 Å². The number of hydrogen-bond donors (Lipinski definition) is 1. The number of amides is 1. The first-order valence-electron chi connectivity index (χ1n) is 4.61. The first-order chi connectivity index (χ1) is 8.08. The van der Waals surface area contributed by atoms with Crippen LogP contribution in [0.25, 0.3) is 0 Å². The summed E-state index contributed by atoms with van der Waals surface area (Å²) in [6.45, 7) is 0.130. The highest BCUT2D eigenvalue weighted by Crippen LogP contribution is 2.35. The first kappa shape index (κ1) is 14.2. The normalized spacial score (nSPS) is 9.88. The number of nitrogens with one attached hydrogen (secondary N) is 1. The van der Waals surface area contributed by atoms with E-state index in [1.807, 2.05) is 0 Å². The van der Waals surface area contributed by atoms with Gasteiger partial charge in [-0.25, -0.2) is 4.79 Å². The van der Waals surface area contributed by atoms with Gasteiger partial charge >= 0.3 is 6.09 Å². The summed E-state index contributed by atoms with van der Waals surface area (Å²) >= 11 is 17.2. The van der Waals surface area contributed by atoms with Gasteiger partial charge in [-0.3, -0.25) is 5.32 Å². The second-order valence-corrected chi connectivity index (χ2v) is 4.12. The Morgan fingerprint density at radius 1 is 1.35 bits per heavy atom. The molecule has 1 N–H and O–H groups in total. The average molecular weight is 299 g/mol. The second kappa shape index (κ2) is 6.79. The maximum atomic E-state index is 11.2. The van der Waals surface area contributed by atoms with Gasteiger partial charge < -0.3 is 9.47 Å². The Bertz CT molecular complexity index is 389. The molecule has 4 nitrogen and oxygen atoms in total. The summed E-state index contributed by atoms with van der Waals surface area (Å²) in [5.41, 5.74) is 0.417. The Balaban J connectivity index is 2.76. The van der Waals surface area contributed by atoms with E-state index in [2.05, 4.69) is 5.32 Å². The van der Waals surface area contributed by atoms with Crippen molar-refractivity contribution in [2.75, 3.05) is 24.9 Å². The minimum Gasteiger partial charge on any atom is -0.494 e. The highest BCUT2D eigenvalue weighted by molar-refractivity contribution is 6.37. The summed E-state index contributed by atoms with van der Waals surface area (Å²) in [6.07, 6.45) is -0.622. The van der Waals surface area contributed by atoms with Crippen molar-refractivity contribution < 1.29 is 14.3 Å². The third-order valence-corrected chi connectivity index (χ3v) is 2.47. The van der Waals surface area contributed by atoms with Gasteiger partial charge in [-0.1, -0.05) is 23.2 Å². The summed E-state index contributed by atoms with van der Waals surface area (Å²) < 4.78 is 9.71. The van der Waals surface area contributed by atoms with E-state index in [-0.39, 0.29) is 12.5 Å². The number of anilines is 1. The first-order valence-corrected chi connectivity index (χ1v) is 5.90. The number of carbonyl (C=O) groups excluding carboxylic acids is 1. The second-order valence-electron chi connectivity index (χ2n) is 2.92. The number of benzene rings is 1. The van der Waals surface area contributed by atoms with E-state index < -0.39 is 6.09 Å². The zero-order valence-electron chi connectivity index (χ0n) is 8.93. The van der Waals surface area contributed by atoms with Crippen LogP contribution < -0.4 is 10.1 Å². The molecule has 0 aliphatic heterocycles. The molecule has 17 heavy (non-hydrogen) atoms. The van der Waals surface area contributed by atoms with Gasteiger partial charge in [-0.2, -0.15) is 0 Å². The molecule has 0 aliphatic carbocycles. The molecule has 7 heteroatoms. The van der Waals surface area contributed by atoms with Crippen molar-refractivity contribution >= 4 is 46.6 Å². The van der Waals surface area contributed by atoms with Crippen LogP contribution in [0, 0.1) is 0 Å². The standard InChI is InChI=1S/C10H10Cl3NO3/c1-16-9-7(12)4-6(5-8(9)13)14-10(15)17-3-2-11/h4-5H,2-3H2,1H3,(H,14,15). The van der Waals surface area contributed by atoms with Crippen LogP contribution in [0.3, 0.4) is 0 Å². The summed E-state index contributed by atoms with van der Waals surface area (Å²) in [6, 6.07) is 3.02. The number of halogens is 3. The van der Waals surface area contributed by atoms with Crippen LogP contribution in [-0.2, 0) is 4.74 Å². The fraction of sp³-hybridized carbons (Fsp3) is 0.300. The molecule has 1 aromatic carbocycles. The van der Waals surface area contributed by atoms with Gasteiger partial charge in [0.2, 0.25) is 0 Å². The lowest BCUT2D eigenvalue weighted by Crippen LogP contribution is -2.14. The number of hydrogen-bond acceptors (Lipinski definition) is 3. The van der Waals surface area contributed by atoms with Crippen LogP contribution in [0.15, 0.2) is 12.1 Å². The Labute approximate surface area is 114 Å². The Morgan fingerprint density at radius 2 is 1.94 bits per heavy atom. The van der Waals surface area contributed by atoms with E-state index in [4.69, 9.17) is 44.3 Å². The smallest absolute Gasteiger partial charge is 0.411 e. The maximum Gasteiger partial charge on any atom is 0.411 e. The molecular formula is C10H10Cl3NO3. The van der Waals surface area contributed by atoms with E-state index in [1.165, 1.54) is 19.2 Å². The lowest BCUT2D eigenvalue weighted by molar-refractivity contribution is 0.168. The molecular weight excluding hydrogens is 288 g/mol. The predicted octanol–water partition coefficient (Wildman–Crippen LogP) is 3.79. The average Bonchev–Trinajstić information content (AvgIpc) is 2.26. The van der Waals surface area contributed by atoms with E-state index in [1.54, 1.807) is 0 Å². The molecule has 1 aromatic rings. The fourth-order valence-electron chi connectivity index (χ4n) is 1.11. The Morgan fingerprint density at radius 3 is 2.41 bits per heavy atom. The van der Waals surface area contributed by atoms with Gasteiger partial charge in [0.25, 0.3) is 0 Å². The molecule has 0 radical (unpaired) electrons. The molecule has 0 aliphatic rings. The van der Waals surface area contributed by atoms with E-state index in [0.29, 0.717) is 21.5 Å². The molecule has 0 aromatic heterocycles. The fourth-order valence-corrected chi connectivity index (χ4v) is 1.83. The third-order valence-electron chi connectivity index (χ3n) is 1.76. The monoisotopic (exact) mass is 297 g/mol. The molecule has 0 unspecified atom stereocenters. The Hall–Kier alpha value is -0.840. The summed E-state index contributed by atoms with van der Waals surface area (Å²) in [4.78, 5) is 11.2. The van der Waals surface area contributed by atoms with Gasteiger partial charge in [0.1, 0.15) is 6.61 Å². The van der Waals surface area contributed by atoms with Crippen molar-refractivity contribution in [1.82, 2.24) is 0 Å². The molecule has 0 saturated heterocycles. The minimum absolute atomic E-state index is 0.130. The largest absolute Gasteiger partial charge is 0.494 e. The Kier molecular flexibility index (Phi) is 5.68. The van der Waals surface area contributed by atoms with E-state index >= 15 is 0 Å². The van der Waals surface area contributed by atoms with Crippen molar-refractivity contribution in [2.45, 2.75) is 0 Å². The molecule has 1 rings (SSSR count). The minimum atomic E-state index is -0.622. The molecule has 94 valence electrons. The van der Waals surface area contributed by atoms with Crippen molar-refractivity contribution in [3.63, 3.8) is 0 Å². The molecule has 0 atom stereocenters. The zero-order valence-corrected chi connectivity index (χ0v) is 11.2. The molecule has 0 spiro atoms. The van der Waals surface area contributed by atoms with Crippen LogP contribution >= 0.6 is 34.8 Å². The highest BCUT2D eigenvalue weighted by Gasteiger charge is 2.10. The molecule has 0 bridgehead atoms. The lowest BCUT2D eigenvalue weighted by Gasteiger charge is -2.10. The van der Waals surface area contributed by atoms with E-state index in [0.717, 1.165) is 0 Å². The van der Waals surface area contributed by atoms with Crippen molar-refractivity contribution in [2.24, 2.45) is 0 Å². The van der Waals surface area contributed by atoms with Gasteiger partial charge in [0, 0.05) is 5.69 Å². The van der Waals surface area contributed by atoms with Crippen LogP contribution in [0.4, 0.5) is 10.5 Å². The number of ether oxygens (including phenoxy) is 2. The van der Waals surface area contributed by atoms with Crippen LogP contribution in [-0.4, -0.2) is 25.7 Å². The van der Waals surface area contributed by atoms with Crippen LogP contribution in [0.1, 0.15) is 0 Å². The summed E-state index contributed by atoms with van der Waals surface area (Å²) in [5, 5.41) is 3.06. The number of carbonyl (C=O) groups is 1. The van der Waals surface area contributed by atoms with Crippen molar-refractivity contribution in [3.8, 4) is 5.75 Å². The van der Waals surface area contributed by atoms with Gasteiger partial charge in [0.05, 0.1) is 23.0 Å². The molecule has 0 saturated carbocycles. The van der Waals surface area contributed by atoms with Crippen LogP contribution in [0.5, 0.6) is 5.75 Å². The van der Waals surface area contributed by atoms with Crippen molar-refractivity contribution in [1.29, 1.82) is 0 Å². The lowest BCUT2D eigenvalue weighted by atomic mass is 10.3. The highest BCUT2D eigenvalue weighted by atomic mass is 35.5. The predicted molar refractivity (Wildman–Crippen MR) is 68.7 cm³/mol. The summed E-state index contributed by atoms with van der Waals surface area (Å²) in [5.74, 6) is 0.588. The number of rotatable bonds is 4. The molecule has 0 fully saturated rings. The SMILES string of the molecule is COc1c(Cl)cc(NC(=O)OCCCl)cc1Cl. The summed E-state index contributed by atoms with van der Waals surface area (Å²) in [7, 11) is 1.45. The quantitative estimate of drug-likeness (QED) is 0.860. The van der Waals surface area contributed by atoms with E-state index in [9.17, 15) is 4.79 Å². The van der Waals surface area contributed by atoms with Crippen molar-refractivity contribution in [3.05, 3.63) is 22.2 Å². The molecule has 0 heterocycles.